The molecule has 21 heavy (non-hydrogen) atoms. The zero-order valence-corrected chi connectivity index (χ0v) is 15.1. The van der Waals surface area contributed by atoms with Gasteiger partial charge in [-0.05, 0) is 51.0 Å². The summed E-state index contributed by atoms with van der Waals surface area (Å²) in [4.78, 5) is 8.42. The molecule has 1 fully saturated rings. The zero-order chi connectivity index (χ0) is 15.5. The first kappa shape index (κ1) is 16.8. The first-order valence-corrected chi connectivity index (χ1v) is 9.16. The number of hydrogen-bond donors (Lipinski definition) is 1. The SMILES string of the molecule is CCCNC(C)c1cnc(N(C)C2CCC(C)(C)CC2)s1. The lowest BCUT2D eigenvalue weighted by molar-refractivity contribution is 0.222. The molecule has 1 atom stereocenters. The van der Waals surface area contributed by atoms with Crippen molar-refractivity contribution in [2.75, 3.05) is 18.5 Å². The molecule has 0 saturated heterocycles. The maximum Gasteiger partial charge on any atom is 0.185 e. The summed E-state index contributed by atoms with van der Waals surface area (Å²) in [6, 6.07) is 1.07. The first-order chi connectivity index (χ1) is 9.93. The van der Waals surface area contributed by atoms with Crippen LogP contribution in [0.5, 0.6) is 0 Å². The second kappa shape index (κ2) is 7.10. The van der Waals surface area contributed by atoms with E-state index in [4.69, 9.17) is 0 Å². The van der Waals surface area contributed by atoms with Gasteiger partial charge in [0.1, 0.15) is 0 Å². The topological polar surface area (TPSA) is 28.2 Å². The monoisotopic (exact) mass is 309 g/mol. The van der Waals surface area contributed by atoms with Crippen molar-refractivity contribution in [3.63, 3.8) is 0 Å². The van der Waals surface area contributed by atoms with E-state index in [1.54, 1.807) is 0 Å². The van der Waals surface area contributed by atoms with Gasteiger partial charge in [0, 0.05) is 30.2 Å². The third kappa shape index (κ3) is 4.43. The molecule has 120 valence electrons. The van der Waals surface area contributed by atoms with Gasteiger partial charge in [0.2, 0.25) is 0 Å². The summed E-state index contributed by atoms with van der Waals surface area (Å²) < 4.78 is 0. The van der Waals surface area contributed by atoms with Crippen molar-refractivity contribution in [1.29, 1.82) is 0 Å². The van der Waals surface area contributed by atoms with Gasteiger partial charge < -0.3 is 10.2 Å². The van der Waals surface area contributed by atoms with Crippen molar-refractivity contribution in [1.82, 2.24) is 10.3 Å². The number of aromatic nitrogens is 1. The number of thiazole rings is 1. The molecule has 0 amide bonds. The second-order valence-electron chi connectivity index (χ2n) is 7.23. The van der Waals surface area contributed by atoms with Crippen LogP contribution >= 0.6 is 11.3 Å². The van der Waals surface area contributed by atoms with E-state index in [-0.39, 0.29) is 0 Å². The third-order valence-corrected chi connectivity index (χ3v) is 6.07. The minimum atomic E-state index is 0.412. The molecule has 0 spiro atoms. The highest BCUT2D eigenvalue weighted by atomic mass is 32.1. The molecule has 2 rings (SSSR count). The normalized spacial score (nSPS) is 20.4. The van der Waals surface area contributed by atoms with Gasteiger partial charge >= 0.3 is 0 Å². The number of hydrogen-bond acceptors (Lipinski definition) is 4. The molecule has 1 aliphatic rings. The standard InChI is InChI=1S/C17H31N3S/c1-6-11-18-13(2)15-12-19-16(21-15)20(5)14-7-9-17(3,4)10-8-14/h12-14,18H,6-11H2,1-5H3. The van der Waals surface area contributed by atoms with E-state index in [0.29, 0.717) is 17.5 Å². The Bertz CT molecular complexity index is 431. The van der Waals surface area contributed by atoms with Gasteiger partial charge in [0.25, 0.3) is 0 Å². The zero-order valence-electron chi connectivity index (χ0n) is 14.3. The quantitative estimate of drug-likeness (QED) is 0.832. The Balaban J connectivity index is 1.94. The van der Waals surface area contributed by atoms with Gasteiger partial charge in [-0.25, -0.2) is 4.98 Å². The van der Waals surface area contributed by atoms with Crippen LogP contribution in [0, 0.1) is 5.41 Å². The molecule has 0 bridgehead atoms. The lowest BCUT2D eigenvalue weighted by atomic mass is 9.75. The van der Waals surface area contributed by atoms with E-state index >= 15 is 0 Å². The van der Waals surface area contributed by atoms with Crippen molar-refractivity contribution >= 4 is 16.5 Å². The van der Waals surface area contributed by atoms with Gasteiger partial charge in [-0.3, -0.25) is 0 Å². The van der Waals surface area contributed by atoms with Gasteiger partial charge in [0.05, 0.1) is 0 Å². The lowest BCUT2D eigenvalue weighted by Gasteiger charge is -2.38. The highest BCUT2D eigenvalue weighted by Crippen LogP contribution is 2.38. The van der Waals surface area contributed by atoms with Crippen LogP contribution in [-0.2, 0) is 0 Å². The Labute approximate surface area is 134 Å². The average molecular weight is 310 g/mol. The molecule has 1 N–H and O–H groups in total. The molecule has 1 heterocycles. The fourth-order valence-corrected chi connectivity index (χ4v) is 4.00. The highest BCUT2D eigenvalue weighted by molar-refractivity contribution is 7.15. The molecule has 3 nitrogen and oxygen atoms in total. The summed E-state index contributed by atoms with van der Waals surface area (Å²) >= 11 is 1.85. The van der Waals surface area contributed by atoms with Crippen LogP contribution in [0.4, 0.5) is 5.13 Å². The Morgan fingerprint density at radius 2 is 2.10 bits per heavy atom. The predicted octanol–water partition coefficient (Wildman–Crippen LogP) is 4.61. The van der Waals surface area contributed by atoms with Gasteiger partial charge in [0.15, 0.2) is 5.13 Å². The van der Waals surface area contributed by atoms with E-state index in [9.17, 15) is 0 Å². The minimum absolute atomic E-state index is 0.412. The summed E-state index contributed by atoms with van der Waals surface area (Å²) in [5.41, 5.74) is 0.532. The van der Waals surface area contributed by atoms with Crippen LogP contribution in [-0.4, -0.2) is 24.6 Å². The number of anilines is 1. The van der Waals surface area contributed by atoms with E-state index < -0.39 is 0 Å². The van der Waals surface area contributed by atoms with Crippen LogP contribution in [0.25, 0.3) is 0 Å². The summed E-state index contributed by atoms with van der Waals surface area (Å²) in [6.45, 7) is 10.3. The van der Waals surface area contributed by atoms with E-state index in [1.165, 1.54) is 42.1 Å². The summed E-state index contributed by atoms with van der Waals surface area (Å²) in [5.74, 6) is 0. The minimum Gasteiger partial charge on any atom is -0.348 e. The molecule has 0 aromatic carbocycles. The largest absolute Gasteiger partial charge is 0.348 e. The summed E-state index contributed by atoms with van der Waals surface area (Å²) in [7, 11) is 2.22. The van der Waals surface area contributed by atoms with Gasteiger partial charge in [-0.2, -0.15) is 0 Å². The summed E-state index contributed by atoms with van der Waals surface area (Å²) in [6.07, 6.45) is 8.47. The molecule has 1 saturated carbocycles. The van der Waals surface area contributed by atoms with Crippen molar-refractivity contribution in [3.05, 3.63) is 11.1 Å². The van der Waals surface area contributed by atoms with Crippen molar-refractivity contribution in [3.8, 4) is 0 Å². The third-order valence-electron chi connectivity index (χ3n) is 4.80. The van der Waals surface area contributed by atoms with Crippen LogP contribution in [0.15, 0.2) is 6.20 Å². The number of nitrogens with zero attached hydrogens (tertiary/aromatic N) is 2. The molecule has 1 aromatic heterocycles. The Hall–Kier alpha value is -0.610. The van der Waals surface area contributed by atoms with Gasteiger partial charge in [-0.1, -0.05) is 20.8 Å². The van der Waals surface area contributed by atoms with Crippen LogP contribution in [0.3, 0.4) is 0 Å². The van der Waals surface area contributed by atoms with Crippen molar-refractivity contribution in [2.45, 2.75) is 71.9 Å². The molecule has 0 aliphatic heterocycles. The van der Waals surface area contributed by atoms with E-state index in [2.05, 4.69) is 56.1 Å². The molecule has 1 aliphatic carbocycles. The smallest absolute Gasteiger partial charge is 0.185 e. The second-order valence-corrected chi connectivity index (χ2v) is 8.27. The maximum absolute atomic E-state index is 4.66. The highest BCUT2D eigenvalue weighted by Gasteiger charge is 2.29. The summed E-state index contributed by atoms with van der Waals surface area (Å²) in [5, 5.41) is 4.72. The predicted molar refractivity (Wildman–Crippen MR) is 93.3 cm³/mol. The van der Waals surface area contributed by atoms with E-state index in [0.717, 1.165) is 6.54 Å². The van der Waals surface area contributed by atoms with Gasteiger partial charge in [-0.15, -0.1) is 11.3 Å². The van der Waals surface area contributed by atoms with E-state index in [1.807, 2.05) is 11.3 Å². The Morgan fingerprint density at radius 3 is 2.71 bits per heavy atom. The molecule has 1 unspecified atom stereocenters. The number of nitrogens with one attached hydrogen (secondary N) is 1. The first-order valence-electron chi connectivity index (χ1n) is 8.35. The van der Waals surface area contributed by atoms with Crippen molar-refractivity contribution in [2.24, 2.45) is 5.41 Å². The molecule has 1 aromatic rings. The molecule has 4 heteroatoms. The fraction of sp³-hybridized carbons (Fsp3) is 0.824. The lowest BCUT2D eigenvalue weighted by Crippen LogP contribution is -2.37. The average Bonchev–Trinajstić information content (AvgIpc) is 2.94. The Kier molecular flexibility index (Phi) is 5.67. The number of rotatable bonds is 6. The maximum atomic E-state index is 4.66. The van der Waals surface area contributed by atoms with Crippen molar-refractivity contribution < 1.29 is 0 Å². The fourth-order valence-electron chi connectivity index (χ4n) is 3.03. The molecular formula is C17H31N3S. The molecular weight excluding hydrogens is 278 g/mol. The molecule has 0 radical (unpaired) electrons. The van der Waals surface area contributed by atoms with Crippen LogP contribution < -0.4 is 10.2 Å². The Morgan fingerprint density at radius 1 is 1.43 bits per heavy atom. The van der Waals surface area contributed by atoms with Crippen LogP contribution in [0.1, 0.15) is 70.7 Å². The van der Waals surface area contributed by atoms with Crippen LogP contribution in [0.2, 0.25) is 0 Å².